The van der Waals surface area contributed by atoms with Crippen molar-refractivity contribution in [2.24, 2.45) is 11.8 Å². The Kier molecular flexibility index (Phi) is 5.79. The van der Waals surface area contributed by atoms with Crippen LogP contribution in [0.2, 0.25) is 0 Å². The molecule has 0 radical (unpaired) electrons. The SMILES string of the molecule is C=C(CC=CCC(C)C)C(C)C. The summed E-state index contributed by atoms with van der Waals surface area (Å²) < 4.78 is 0. The van der Waals surface area contributed by atoms with Crippen molar-refractivity contribution in [2.45, 2.75) is 40.5 Å². The quantitative estimate of drug-likeness (QED) is 0.537. The van der Waals surface area contributed by atoms with Crippen LogP contribution in [0.15, 0.2) is 24.3 Å². The van der Waals surface area contributed by atoms with Crippen molar-refractivity contribution in [3.63, 3.8) is 0 Å². The molecular weight excluding hydrogens is 144 g/mol. The molecule has 0 aliphatic carbocycles. The van der Waals surface area contributed by atoms with Crippen molar-refractivity contribution in [1.29, 1.82) is 0 Å². The molecule has 0 unspecified atom stereocenters. The standard InChI is InChI=1S/C12H22/c1-10(2)8-6-7-9-12(5)11(3)4/h6-7,10-11H,5,8-9H2,1-4H3. The summed E-state index contributed by atoms with van der Waals surface area (Å²) in [6.45, 7) is 12.9. The van der Waals surface area contributed by atoms with Crippen molar-refractivity contribution in [1.82, 2.24) is 0 Å². The summed E-state index contributed by atoms with van der Waals surface area (Å²) in [4.78, 5) is 0. The van der Waals surface area contributed by atoms with Crippen LogP contribution in [0, 0.1) is 11.8 Å². The highest BCUT2D eigenvalue weighted by atomic mass is 14.0. The van der Waals surface area contributed by atoms with E-state index in [-0.39, 0.29) is 0 Å². The summed E-state index contributed by atoms with van der Waals surface area (Å²) in [5.74, 6) is 1.39. The Morgan fingerprint density at radius 1 is 1.17 bits per heavy atom. The maximum atomic E-state index is 4.02. The summed E-state index contributed by atoms with van der Waals surface area (Å²) in [5, 5.41) is 0. The highest BCUT2D eigenvalue weighted by Crippen LogP contribution is 2.12. The van der Waals surface area contributed by atoms with Crippen LogP contribution in [0.3, 0.4) is 0 Å². The van der Waals surface area contributed by atoms with Gasteiger partial charge >= 0.3 is 0 Å². The van der Waals surface area contributed by atoms with Crippen molar-refractivity contribution in [3.8, 4) is 0 Å². The Hall–Kier alpha value is -0.520. The first-order chi connectivity index (χ1) is 5.54. The summed E-state index contributed by atoms with van der Waals surface area (Å²) in [5.41, 5.74) is 1.33. The minimum atomic E-state index is 0.619. The molecule has 0 aliphatic rings. The zero-order valence-electron chi connectivity index (χ0n) is 8.93. The number of hydrogen-bond donors (Lipinski definition) is 0. The van der Waals surface area contributed by atoms with Crippen molar-refractivity contribution in [2.75, 3.05) is 0 Å². The molecule has 0 bridgehead atoms. The lowest BCUT2D eigenvalue weighted by Gasteiger charge is -2.05. The van der Waals surface area contributed by atoms with Crippen LogP contribution in [0.5, 0.6) is 0 Å². The molecule has 0 rings (SSSR count). The molecule has 0 saturated carbocycles. The molecule has 0 amide bonds. The minimum absolute atomic E-state index is 0.619. The van der Waals surface area contributed by atoms with Gasteiger partial charge in [0.05, 0.1) is 0 Å². The van der Waals surface area contributed by atoms with Gasteiger partial charge in [0.25, 0.3) is 0 Å². The van der Waals surface area contributed by atoms with Gasteiger partial charge in [-0.1, -0.05) is 52.0 Å². The van der Waals surface area contributed by atoms with Crippen LogP contribution < -0.4 is 0 Å². The van der Waals surface area contributed by atoms with E-state index in [9.17, 15) is 0 Å². The van der Waals surface area contributed by atoms with E-state index in [1.807, 2.05) is 0 Å². The molecule has 0 aromatic heterocycles. The van der Waals surface area contributed by atoms with E-state index in [4.69, 9.17) is 0 Å². The van der Waals surface area contributed by atoms with Crippen LogP contribution in [0.1, 0.15) is 40.5 Å². The largest absolute Gasteiger partial charge is 0.0993 e. The predicted octanol–water partition coefficient (Wildman–Crippen LogP) is 4.19. The summed E-state index contributed by atoms with van der Waals surface area (Å²) in [7, 11) is 0. The molecule has 0 spiro atoms. The lowest BCUT2D eigenvalue weighted by atomic mass is 10.0. The van der Waals surface area contributed by atoms with Crippen molar-refractivity contribution in [3.05, 3.63) is 24.3 Å². The first-order valence-electron chi connectivity index (χ1n) is 4.86. The minimum Gasteiger partial charge on any atom is -0.0993 e. The molecule has 12 heavy (non-hydrogen) atoms. The zero-order valence-corrected chi connectivity index (χ0v) is 8.93. The second kappa shape index (κ2) is 6.05. The third-order valence-corrected chi connectivity index (χ3v) is 1.97. The van der Waals surface area contributed by atoms with E-state index in [2.05, 4.69) is 46.4 Å². The van der Waals surface area contributed by atoms with E-state index in [1.165, 1.54) is 12.0 Å². The molecular formula is C12H22. The average Bonchev–Trinajstić information content (AvgIpc) is 1.97. The van der Waals surface area contributed by atoms with Gasteiger partial charge in [-0.2, -0.15) is 0 Å². The smallest absolute Gasteiger partial charge is 0.0139 e. The van der Waals surface area contributed by atoms with Crippen LogP contribution in [-0.2, 0) is 0 Å². The fourth-order valence-electron chi connectivity index (χ4n) is 0.839. The molecule has 0 aliphatic heterocycles. The summed E-state index contributed by atoms with van der Waals surface area (Å²) >= 11 is 0. The molecule has 0 heterocycles. The Morgan fingerprint density at radius 3 is 2.17 bits per heavy atom. The first kappa shape index (κ1) is 11.5. The fourth-order valence-corrected chi connectivity index (χ4v) is 0.839. The van der Waals surface area contributed by atoms with Gasteiger partial charge in [-0.3, -0.25) is 0 Å². The van der Waals surface area contributed by atoms with E-state index in [1.54, 1.807) is 0 Å². The number of allylic oxidation sites excluding steroid dienone is 3. The molecule has 0 nitrogen and oxygen atoms in total. The van der Waals surface area contributed by atoms with Gasteiger partial charge < -0.3 is 0 Å². The lowest BCUT2D eigenvalue weighted by molar-refractivity contribution is 0.662. The summed E-state index contributed by atoms with van der Waals surface area (Å²) in [6.07, 6.45) is 6.73. The lowest BCUT2D eigenvalue weighted by Crippen LogP contribution is -1.90. The van der Waals surface area contributed by atoms with Crippen LogP contribution >= 0.6 is 0 Å². The van der Waals surface area contributed by atoms with Gasteiger partial charge in [0.2, 0.25) is 0 Å². The highest BCUT2D eigenvalue weighted by molar-refractivity contribution is 5.04. The monoisotopic (exact) mass is 166 g/mol. The van der Waals surface area contributed by atoms with Gasteiger partial charge in [0, 0.05) is 0 Å². The van der Waals surface area contributed by atoms with Gasteiger partial charge in [0.1, 0.15) is 0 Å². The van der Waals surface area contributed by atoms with Gasteiger partial charge in [-0.05, 0) is 24.7 Å². The topological polar surface area (TPSA) is 0 Å². The van der Waals surface area contributed by atoms with E-state index in [0.29, 0.717) is 5.92 Å². The molecule has 0 N–H and O–H groups in total. The van der Waals surface area contributed by atoms with Crippen LogP contribution in [0.25, 0.3) is 0 Å². The third-order valence-electron chi connectivity index (χ3n) is 1.97. The number of rotatable bonds is 5. The molecule has 0 aromatic rings. The maximum absolute atomic E-state index is 4.02. The summed E-state index contributed by atoms with van der Waals surface area (Å²) in [6, 6.07) is 0. The maximum Gasteiger partial charge on any atom is -0.0139 e. The zero-order chi connectivity index (χ0) is 9.56. The first-order valence-corrected chi connectivity index (χ1v) is 4.86. The highest BCUT2D eigenvalue weighted by Gasteiger charge is 1.96. The second-order valence-electron chi connectivity index (χ2n) is 4.12. The van der Waals surface area contributed by atoms with Gasteiger partial charge in [0.15, 0.2) is 0 Å². The van der Waals surface area contributed by atoms with Crippen LogP contribution in [0.4, 0.5) is 0 Å². The molecule has 0 fully saturated rings. The second-order valence-corrected chi connectivity index (χ2v) is 4.12. The third kappa shape index (κ3) is 6.21. The molecule has 0 saturated heterocycles. The van der Waals surface area contributed by atoms with E-state index < -0.39 is 0 Å². The Bertz CT molecular complexity index is 149. The predicted molar refractivity (Wildman–Crippen MR) is 57.2 cm³/mol. The van der Waals surface area contributed by atoms with Crippen molar-refractivity contribution >= 4 is 0 Å². The van der Waals surface area contributed by atoms with Gasteiger partial charge in [-0.25, -0.2) is 0 Å². The van der Waals surface area contributed by atoms with Crippen LogP contribution in [-0.4, -0.2) is 0 Å². The Morgan fingerprint density at radius 2 is 1.75 bits per heavy atom. The molecule has 0 heteroatoms. The Labute approximate surface area is 77.4 Å². The van der Waals surface area contributed by atoms with Crippen molar-refractivity contribution < 1.29 is 0 Å². The Balaban J connectivity index is 3.54. The molecule has 70 valence electrons. The molecule has 0 atom stereocenters. The number of hydrogen-bond acceptors (Lipinski definition) is 0. The average molecular weight is 166 g/mol. The molecule has 0 aromatic carbocycles. The van der Waals surface area contributed by atoms with E-state index in [0.717, 1.165) is 12.3 Å². The van der Waals surface area contributed by atoms with E-state index >= 15 is 0 Å². The normalized spacial score (nSPS) is 11.8. The fraction of sp³-hybridized carbons (Fsp3) is 0.667. The van der Waals surface area contributed by atoms with Gasteiger partial charge in [-0.15, -0.1) is 0 Å².